The standard InChI is InChI=1S/C19H21N3O4/c1-13(2)20-18(24)19(25)22-21-17(23)15-8-10-16(11-9-15)26-12-14-6-4-3-5-7-14/h3-11,13H,12H2,1-2H3,(H,20,24)(H,21,23)(H,22,25). The molecule has 2 rings (SSSR count). The maximum atomic E-state index is 12.0. The summed E-state index contributed by atoms with van der Waals surface area (Å²) < 4.78 is 5.64. The van der Waals surface area contributed by atoms with Crippen molar-refractivity contribution in [2.75, 3.05) is 0 Å². The van der Waals surface area contributed by atoms with Crippen LogP contribution in [-0.4, -0.2) is 23.8 Å². The molecule has 0 radical (unpaired) electrons. The Bertz CT molecular complexity index is 758. The molecular weight excluding hydrogens is 334 g/mol. The fourth-order valence-electron chi connectivity index (χ4n) is 2.01. The molecular formula is C19H21N3O4. The maximum absolute atomic E-state index is 12.0. The van der Waals surface area contributed by atoms with Crippen molar-refractivity contribution < 1.29 is 19.1 Å². The summed E-state index contributed by atoms with van der Waals surface area (Å²) in [6, 6.07) is 16.0. The van der Waals surface area contributed by atoms with Gasteiger partial charge in [0.2, 0.25) is 0 Å². The van der Waals surface area contributed by atoms with Crippen molar-refractivity contribution in [3.05, 3.63) is 65.7 Å². The van der Waals surface area contributed by atoms with Crippen LogP contribution >= 0.6 is 0 Å². The van der Waals surface area contributed by atoms with Crippen LogP contribution in [0, 0.1) is 0 Å². The molecule has 2 aromatic rings. The van der Waals surface area contributed by atoms with Crippen molar-refractivity contribution >= 4 is 17.7 Å². The molecule has 2 aromatic carbocycles. The van der Waals surface area contributed by atoms with E-state index in [4.69, 9.17) is 4.74 Å². The van der Waals surface area contributed by atoms with Gasteiger partial charge in [-0.2, -0.15) is 0 Å². The summed E-state index contributed by atoms with van der Waals surface area (Å²) in [6.45, 7) is 3.88. The molecule has 26 heavy (non-hydrogen) atoms. The van der Waals surface area contributed by atoms with E-state index in [0.29, 0.717) is 17.9 Å². The van der Waals surface area contributed by atoms with E-state index < -0.39 is 17.7 Å². The van der Waals surface area contributed by atoms with Crippen molar-refractivity contribution in [3.8, 4) is 5.75 Å². The van der Waals surface area contributed by atoms with E-state index in [1.807, 2.05) is 30.3 Å². The van der Waals surface area contributed by atoms with Crippen LogP contribution < -0.4 is 20.9 Å². The number of rotatable bonds is 5. The van der Waals surface area contributed by atoms with Gasteiger partial charge in [0.15, 0.2) is 0 Å². The SMILES string of the molecule is CC(C)NC(=O)C(=O)NNC(=O)c1ccc(OCc2ccccc2)cc1. The summed E-state index contributed by atoms with van der Waals surface area (Å²) >= 11 is 0. The molecule has 0 bridgehead atoms. The van der Waals surface area contributed by atoms with Crippen LogP contribution in [0.15, 0.2) is 54.6 Å². The molecule has 0 heterocycles. The van der Waals surface area contributed by atoms with E-state index in [9.17, 15) is 14.4 Å². The smallest absolute Gasteiger partial charge is 0.327 e. The summed E-state index contributed by atoms with van der Waals surface area (Å²) in [7, 11) is 0. The van der Waals surface area contributed by atoms with Gasteiger partial charge in [0.05, 0.1) is 0 Å². The van der Waals surface area contributed by atoms with E-state index in [1.165, 1.54) is 0 Å². The molecule has 3 N–H and O–H groups in total. The highest BCUT2D eigenvalue weighted by Crippen LogP contribution is 2.14. The van der Waals surface area contributed by atoms with Crippen molar-refractivity contribution in [2.24, 2.45) is 0 Å². The van der Waals surface area contributed by atoms with Crippen LogP contribution in [0.25, 0.3) is 0 Å². The van der Waals surface area contributed by atoms with Gasteiger partial charge < -0.3 is 10.1 Å². The number of carbonyl (C=O) groups is 3. The van der Waals surface area contributed by atoms with E-state index in [1.54, 1.807) is 38.1 Å². The summed E-state index contributed by atoms with van der Waals surface area (Å²) in [5, 5.41) is 2.42. The minimum atomic E-state index is -0.935. The molecule has 0 aliphatic rings. The Morgan fingerprint density at radius 2 is 1.54 bits per heavy atom. The molecule has 3 amide bonds. The molecule has 0 atom stereocenters. The minimum Gasteiger partial charge on any atom is -0.489 e. The fraction of sp³-hybridized carbons (Fsp3) is 0.211. The molecule has 7 nitrogen and oxygen atoms in total. The van der Waals surface area contributed by atoms with E-state index >= 15 is 0 Å². The molecule has 136 valence electrons. The molecule has 0 aliphatic carbocycles. The lowest BCUT2D eigenvalue weighted by molar-refractivity contribution is -0.139. The topological polar surface area (TPSA) is 96.5 Å². The first kappa shape index (κ1) is 19.0. The Labute approximate surface area is 151 Å². The number of hydrazine groups is 1. The molecule has 0 saturated heterocycles. The first-order valence-electron chi connectivity index (χ1n) is 8.13. The Kier molecular flexibility index (Phi) is 6.73. The Morgan fingerprint density at radius 1 is 0.885 bits per heavy atom. The first-order chi connectivity index (χ1) is 12.5. The number of hydrogen-bond donors (Lipinski definition) is 3. The lowest BCUT2D eigenvalue weighted by atomic mass is 10.2. The van der Waals surface area contributed by atoms with Gasteiger partial charge in [-0.25, -0.2) is 0 Å². The highest BCUT2D eigenvalue weighted by Gasteiger charge is 2.15. The van der Waals surface area contributed by atoms with Crippen LogP contribution in [-0.2, 0) is 16.2 Å². The predicted octanol–water partition coefficient (Wildman–Crippen LogP) is 1.55. The number of hydrogen-bond acceptors (Lipinski definition) is 4. The number of carbonyl (C=O) groups excluding carboxylic acids is 3. The quantitative estimate of drug-likeness (QED) is 0.560. The summed E-state index contributed by atoms with van der Waals surface area (Å²) in [5.41, 5.74) is 5.62. The van der Waals surface area contributed by atoms with Crippen molar-refractivity contribution in [1.82, 2.24) is 16.2 Å². The zero-order chi connectivity index (χ0) is 18.9. The average Bonchev–Trinajstić information content (AvgIpc) is 2.64. The molecule has 7 heteroatoms. The normalized spacial score (nSPS) is 10.1. The van der Waals surface area contributed by atoms with Gasteiger partial charge in [-0.1, -0.05) is 30.3 Å². The molecule has 0 aliphatic heterocycles. The van der Waals surface area contributed by atoms with Crippen LogP contribution in [0.1, 0.15) is 29.8 Å². The van der Waals surface area contributed by atoms with Crippen LogP contribution in [0.3, 0.4) is 0 Å². The highest BCUT2D eigenvalue weighted by atomic mass is 16.5. The monoisotopic (exact) mass is 355 g/mol. The molecule has 0 aromatic heterocycles. The summed E-state index contributed by atoms with van der Waals surface area (Å²) in [5.74, 6) is -1.67. The number of nitrogens with one attached hydrogen (secondary N) is 3. The molecule has 0 unspecified atom stereocenters. The minimum absolute atomic E-state index is 0.174. The summed E-state index contributed by atoms with van der Waals surface area (Å²) in [6.07, 6.45) is 0. The number of benzene rings is 2. The zero-order valence-electron chi connectivity index (χ0n) is 14.6. The maximum Gasteiger partial charge on any atom is 0.327 e. The van der Waals surface area contributed by atoms with Crippen molar-refractivity contribution in [2.45, 2.75) is 26.5 Å². The molecule has 0 saturated carbocycles. The Balaban J connectivity index is 1.82. The van der Waals surface area contributed by atoms with Crippen LogP contribution in [0.2, 0.25) is 0 Å². The third-order valence-corrected chi connectivity index (χ3v) is 3.28. The number of amides is 3. The van der Waals surface area contributed by atoms with Gasteiger partial charge in [-0.05, 0) is 43.7 Å². The van der Waals surface area contributed by atoms with Gasteiger partial charge in [-0.15, -0.1) is 0 Å². The fourth-order valence-corrected chi connectivity index (χ4v) is 2.01. The Hall–Kier alpha value is -3.35. The lowest BCUT2D eigenvalue weighted by Crippen LogP contribution is -2.49. The van der Waals surface area contributed by atoms with E-state index in [-0.39, 0.29) is 6.04 Å². The number of ether oxygens (including phenoxy) is 1. The van der Waals surface area contributed by atoms with Gasteiger partial charge in [0, 0.05) is 11.6 Å². The van der Waals surface area contributed by atoms with E-state index in [0.717, 1.165) is 5.56 Å². The van der Waals surface area contributed by atoms with E-state index in [2.05, 4.69) is 16.2 Å². The highest BCUT2D eigenvalue weighted by molar-refractivity contribution is 6.35. The predicted molar refractivity (Wildman–Crippen MR) is 96.1 cm³/mol. The summed E-state index contributed by atoms with van der Waals surface area (Å²) in [4.78, 5) is 35.0. The largest absolute Gasteiger partial charge is 0.489 e. The van der Waals surface area contributed by atoms with Gasteiger partial charge >= 0.3 is 11.8 Å². The second kappa shape index (κ2) is 9.22. The molecule has 0 fully saturated rings. The van der Waals surface area contributed by atoms with Gasteiger partial charge in [0.25, 0.3) is 5.91 Å². The second-order valence-electron chi connectivity index (χ2n) is 5.84. The van der Waals surface area contributed by atoms with Gasteiger partial charge in [0.1, 0.15) is 12.4 Å². The van der Waals surface area contributed by atoms with Crippen LogP contribution in [0.5, 0.6) is 5.75 Å². The zero-order valence-corrected chi connectivity index (χ0v) is 14.6. The second-order valence-corrected chi connectivity index (χ2v) is 5.84. The van der Waals surface area contributed by atoms with Gasteiger partial charge in [-0.3, -0.25) is 25.2 Å². The Morgan fingerprint density at radius 3 is 2.15 bits per heavy atom. The van der Waals surface area contributed by atoms with Crippen molar-refractivity contribution in [1.29, 1.82) is 0 Å². The van der Waals surface area contributed by atoms with Crippen molar-refractivity contribution in [3.63, 3.8) is 0 Å². The first-order valence-corrected chi connectivity index (χ1v) is 8.13. The third kappa shape index (κ3) is 5.94. The average molecular weight is 355 g/mol. The van der Waals surface area contributed by atoms with Crippen LogP contribution in [0.4, 0.5) is 0 Å². The lowest BCUT2D eigenvalue weighted by Gasteiger charge is -2.10. The molecule has 0 spiro atoms. The third-order valence-electron chi connectivity index (χ3n) is 3.28.